The van der Waals surface area contributed by atoms with Gasteiger partial charge < -0.3 is 9.26 Å². The predicted molar refractivity (Wildman–Crippen MR) is 55.1 cm³/mol. The van der Waals surface area contributed by atoms with Crippen LogP contribution in [-0.2, 0) is 6.61 Å². The highest BCUT2D eigenvalue weighted by Gasteiger charge is 2.08. The molecule has 82 valence electrons. The fourth-order valence-electron chi connectivity index (χ4n) is 1.28. The minimum Gasteiger partial charge on any atom is -0.485 e. The molecule has 1 heterocycles. The van der Waals surface area contributed by atoms with Crippen molar-refractivity contribution in [2.45, 2.75) is 13.5 Å². The third kappa shape index (κ3) is 2.25. The summed E-state index contributed by atoms with van der Waals surface area (Å²) < 4.78 is 10.0. The number of para-hydroxylation sites is 1. The summed E-state index contributed by atoms with van der Waals surface area (Å²) in [7, 11) is 0. The monoisotopic (exact) mass is 218 g/mol. The third-order valence-electron chi connectivity index (χ3n) is 2.03. The molecule has 0 atom stereocenters. The fourth-order valence-corrected chi connectivity index (χ4v) is 1.28. The van der Waals surface area contributed by atoms with Gasteiger partial charge in [-0.1, -0.05) is 17.3 Å². The maximum absolute atomic E-state index is 11.3. The molecular formula is C11H10N2O3. The van der Waals surface area contributed by atoms with Crippen LogP contribution in [0.5, 0.6) is 5.75 Å². The van der Waals surface area contributed by atoms with Crippen LogP contribution in [0.2, 0.25) is 0 Å². The maximum atomic E-state index is 11.3. The molecule has 0 saturated carbocycles. The van der Waals surface area contributed by atoms with Gasteiger partial charge in [0.2, 0.25) is 12.2 Å². The number of hydrogen-bond acceptors (Lipinski definition) is 5. The van der Waals surface area contributed by atoms with Crippen LogP contribution >= 0.6 is 0 Å². The highest BCUT2D eigenvalue weighted by Crippen LogP contribution is 2.19. The van der Waals surface area contributed by atoms with Crippen molar-refractivity contribution in [1.29, 1.82) is 0 Å². The van der Waals surface area contributed by atoms with Gasteiger partial charge in [0.25, 0.3) is 0 Å². The fraction of sp³-hybridized carbons (Fsp3) is 0.182. The lowest BCUT2D eigenvalue weighted by Gasteiger charge is -2.06. The largest absolute Gasteiger partial charge is 0.485 e. The second-order valence-corrected chi connectivity index (χ2v) is 3.19. The third-order valence-corrected chi connectivity index (χ3v) is 2.03. The van der Waals surface area contributed by atoms with Crippen LogP contribution in [0.25, 0.3) is 0 Å². The zero-order chi connectivity index (χ0) is 11.4. The van der Waals surface area contributed by atoms with E-state index in [2.05, 4.69) is 14.7 Å². The first-order valence-electron chi connectivity index (χ1n) is 4.75. The van der Waals surface area contributed by atoms with Gasteiger partial charge in [-0.3, -0.25) is 4.79 Å². The number of benzene rings is 1. The molecule has 16 heavy (non-hydrogen) atoms. The molecule has 0 amide bonds. The molecule has 2 aromatic rings. The van der Waals surface area contributed by atoms with Crippen molar-refractivity contribution in [3.63, 3.8) is 0 Å². The number of ether oxygens (including phenoxy) is 1. The molecule has 0 spiro atoms. The number of rotatable bonds is 4. The van der Waals surface area contributed by atoms with Gasteiger partial charge >= 0.3 is 0 Å². The van der Waals surface area contributed by atoms with E-state index < -0.39 is 0 Å². The van der Waals surface area contributed by atoms with Crippen molar-refractivity contribution in [2.75, 3.05) is 0 Å². The Morgan fingerprint density at radius 2 is 2.25 bits per heavy atom. The molecule has 0 aliphatic rings. The van der Waals surface area contributed by atoms with Crippen LogP contribution in [0.3, 0.4) is 0 Å². The summed E-state index contributed by atoms with van der Waals surface area (Å²) in [5.74, 6) is 0.932. The number of nitrogens with zero attached hydrogens (tertiary/aromatic N) is 2. The van der Waals surface area contributed by atoms with E-state index in [0.717, 1.165) is 0 Å². The van der Waals surface area contributed by atoms with Gasteiger partial charge in [-0.05, 0) is 19.1 Å². The van der Waals surface area contributed by atoms with Crippen LogP contribution < -0.4 is 4.74 Å². The molecular weight excluding hydrogens is 208 g/mol. The predicted octanol–water partition coefficient (Wildman–Crippen LogP) is 1.85. The first kappa shape index (κ1) is 10.4. The Hall–Kier alpha value is -2.17. The molecule has 5 heteroatoms. The smallest absolute Gasteiger partial charge is 0.213 e. The van der Waals surface area contributed by atoms with Crippen LogP contribution in [0.4, 0.5) is 0 Å². The Kier molecular flexibility index (Phi) is 2.95. The van der Waals surface area contributed by atoms with Gasteiger partial charge in [0.15, 0.2) is 12.4 Å². The van der Waals surface area contributed by atoms with Crippen LogP contribution in [0.1, 0.15) is 23.1 Å². The maximum Gasteiger partial charge on any atom is 0.213 e. The van der Waals surface area contributed by atoms with Gasteiger partial charge in [-0.2, -0.15) is 4.98 Å². The standard InChI is InChI=1S/C11H10N2O3/c1-8(14)9-4-2-3-5-10(9)15-6-11-12-7-16-13-11/h2-5,7H,6H2,1H3. The van der Waals surface area contributed by atoms with Gasteiger partial charge in [0, 0.05) is 0 Å². The Morgan fingerprint density at radius 1 is 1.44 bits per heavy atom. The van der Waals surface area contributed by atoms with E-state index in [0.29, 0.717) is 17.1 Å². The summed E-state index contributed by atoms with van der Waals surface area (Å²) in [6.45, 7) is 1.68. The van der Waals surface area contributed by atoms with Gasteiger partial charge in [0.05, 0.1) is 5.56 Å². The van der Waals surface area contributed by atoms with Crippen molar-refractivity contribution in [3.8, 4) is 5.75 Å². The molecule has 5 nitrogen and oxygen atoms in total. The number of ketones is 1. The summed E-state index contributed by atoms with van der Waals surface area (Å²) in [5, 5.41) is 3.61. The molecule has 0 radical (unpaired) electrons. The Balaban J connectivity index is 2.12. The molecule has 0 saturated heterocycles. The first-order chi connectivity index (χ1) is 7.77. The van der Waals surface area contributed by atoms with Crippen molar-refractivity contribution in [3.05, 3.63) is 42.0 Å². The summed E-state index contributed by atoms with van der Waals surface area (Å²) in [6, 6.07) is 7.04. The molecule has 1 aromatic carbocycles. The molecule has 0 unspecified atom stereocenters. The van der Waals surface area contributed by atoms with Crippen molar-refractivity contribution >= 4 is 5.78 Å². The normalized spacial score (nSPS) is 10.1. The Morgan fingerprint density at radius 3 is 2.94 bits per heavy atom. The lowest BCUT2D eigenvalue weighted by atomic mass is 10.1. The number of carbonyl (C=O) groups excluding carboxylic acids is 1. The zero-order valence-electron chi connectivity index (χ0n) is 8.71. The van der Waals surface area contributed by atoms with Crippen LogP contribution in [0, 0.1) is 0 Å². The summed E-state index contributed by atoms with van der Waals surface area (Å²) >= 11 is 0. The number of aromatic nitrogens is 2. The summed E-state index contributed by atoms with van der Waals surface area (Å²) in [5.41, 5.74) is 0.547. The molecule has 0 aliphatic heterocycles. The van der Waals surface area contributed by atoms with E-state index in [1.165, 1.54) is 13.3 Å². The molecule has 0 N–H and O–H groups in total. The van der Waals surface area contributed by atoms with Crippen molar-refractivity contribution in [2.24, 2.45) is 0 Å². The van der Waals surface area contributed by atoms with Gasteiger partial charge in [0.1, 0.15) is 5.75 Å². The average Bonchev–Trinajstić information content (AvgIpc) is 2.79. The van der Waals surface area contributed by atoms with Crippen molar-refractivity contribution in [1.82, 2.24) is 10.1 Å². The van der Waals surface area contributed by atoms with E-state index in [1.807, 2.05) is 0 Å². The highest BCUT2D eigenvalue weighted by molar-refractivity contribution is 5.96. The van der Waals surface area contributed by atoms with Gasteiger partial charge in [-0.25, -0.2) is 0 Å². The van der Waals surface area contributed by atoms with Gasteiger partial charge in [-0.15, -0.1) is 0 Å². The molecule has 1 aromatic heterocycles. The quantitative estimate of drug-likeness (QED) is 0.732. The van der Waals surface area contributed by atoms with E-state index in [1.54, 1.807) is 24.3 Å². The molecule has 0 aliphatic carbocycles. The highest BCUT2D eigenvalue weighted by atomic mass is 16.5. The molecule has 2 rings (SSSR count). The second kappa shape index (κ2) is 4.57. The number of carbonyl (C=O) groups is 1. The van der Waals surface area contributed by atoms with E-state index in [-0.39, 0.29) is 12.4 Å². The first-order valence-corrected chi connectivity index (χ1v) is 4.75. The second-order valence-electron chi connectivity index (χ2n) is 3.19. The van der Waals surface area contributed by atoms with E-state index >= 15 is 0 Å². The van der Waals surface area contributed by atoms with Crippen LogP contribution in [-0.4, -0.2) is 15.9 Å². The zero-order valence-corrected chi connectivity index (χ0v) is 8.71. The average molecular weight is 218 g/mol. The SMILES string of the molecule is CC(=O)c1ccccc1OCc1ncon1. The summed E-state index contributed by atoms with van der Waals surface area (Å²) in [6.07, 6.45) is 1.23. The lowest BCUT2D eigenvalue weighted by molar-refractivity contribution is 0.101. The van der Waals surface area contributed by atoms with Crippen molar-refractivity contribution < 1.29 is 14.1 Å². The topological polar surface area (TPSA) is 65.2 Å². The Bertz CT molecular complexity index is 480. The lowest BCUT2D eigenvalue weighted by Crippen LogP contribution is -2.02. The number of hydrogen-bond donors (Lipinski definition) is 0. The molecule has 0 bridgehead atoms. The van der Waals surface area contributed by atoms with E-state index in [4.69, 9.17) is 4.74 Å². The van der Waals surface area contributed by atoms with Crippen LogP contribution in [0.15, 0.2) is 35.2 Å². The minimum atomic E-state index is -0.0382. The van der Waals surface area contributed by atoms with E-state index in [9.17, 15) is 4.79 Å². The Labute approximate surface area is 92.0 Å². The number of Topliss-reactive ketones (excluding diaryl/α,β-unsaturated/α-hetero) is 1. The minimum absolute atomic E-state index is 0.0382. The summed E-state index contributed by atoms with van der Waals surface area (Å²) in [4.78, 5) is 15.1. The molecule has 0 fully saturated rings.